The van der Waals surface area contributed by atoms with Crippen molar-refractivity contribution in [3.8, 4) is 0 Å². The third kappa shape index (κ3) is 3.69. The molecular weight excluding hydrogens is 322 g/mol. The van der Waals surface area contributed by atoms with E-state index in [2.05, 4.69) is 14.6 Å². The van der Waals surface area contributed by atoms with E-state index in [1.807, 2.05) is 13.8 Å². The molecule has 0 aliphatic carbocycles. The number of pyridine rings is 1. The summed E-state index contributed by atoms with van der Waals surface area (Å²) in [7, 11) is -3.72. The first-order valence-electron chi connectivity index (χ1n) is 6.96. The smallest absolute Gasteiger partial charge is 0.263 e. The van der Waals surface area contributed by atoms with Gasteiger partial charge in [0, 0.05) is 13.1 Å². The van der Waals surface area contributed by atoms with E-state index in [0.29, 0.717) is 5.69 Å². The van der Waals surface area contributed by atoms with E-state index in [9.17, 15) is 8.42 Å². The van der Waals surface area contributed by atoms with Crippen LogP contribution < -0.4 is 9.62 Å². The Kier molecular flexibility index (Phi) is 5.26. The lowest BCUT2D eigenvalue weighted by Gasteiger charge is -2.19. The van der Waals surface area contributed by atoms with Gasteiger partial charge >= 0.3 is 0 Å². The summed E-state index contributed by atoms with van der Waals surface area (Å²) in [4.78, 5) is 6.41. The molecule has 0 spiro atoms. The molecule has 0 aliphatic rings. The number of hydrogen-bond donors (Lipinski definition) is 1. The molecule has 1 heterocycles. The van der Waals surface area contributed by atoms with Crippen molar-refractivity contribution in [2.75, 3.05) is 22.7 Å². The second-order valence-electron chi connectivity index (χ2n) is 4.61. The summed E-state index contributed by atoms with van der Waals surface area (Å²) in [6, 6.07) is 9.79. The van der Waals surface area contributed by atoms with Gasteiger partial charge in [0.25, 0.3) is 10.0 Å². The molecule has 0 aliphatic heterocycles. The Morgan fingerprint density at radius 2 is 1.82 bits per heavy atom. The van der Waals surface area contributed by atoms with Gasteiger partial charge in [0.1, 0.15) is 10.7 Å². The molecule has 2 rings (SSSR count). The minimum atomic E-state index is -3.72. The van der Waals surface area contributed by atoms with Gasteiger partial charge in [0.15, 0.2) is 0 Å². The number of halogens is 1. The van der Waals surface area contributed by atoms with E-state index < -0.39 is 10.0 Å². The molecule has 0 fully saturated rings. The Morgan fingerprint density at radius 1 is 1.14 bits per heavy atom. The quantitative estimate of drug-likeness (QED) is 0.876. The summed E-state index contributed by atoms with van der Waals surface area (Å²) < 4.78 is 27.1. The van der Waals surface area contributed by atoms with E-state index in [-0.39, 0.29) is 9.92 Å². The van der Waals surface area contributed by atoms with Gasteiger partial charge in [-0.05, 0) is 38.1 Å². The molecule has 2 aromatic rings. The third-order valence-electron chi connectivity index (χ3n) is 3.21. The SMILES string of the molecule is CCN(CC)c1ccc(NS(=O)(=O)c2ccccc2Cl)cn1. The molecule has 0 atom stereocenters. The molecule has 0 bridgehead atoms. The lowest BCUT2D eigenvalue weighted by atomic mass is 10.4. The summed E-state index contributed by atoms with van der Waals surface area (Å²) in [6.07, 6.45) is 1.50. The van der Waals surface area contributed by atoms with Gasteiger partial charge in [-0.25, -0.2) is 13.4 Å². The van der Waals surface area contributed by atoms with Crippen molar-refractivity contribution in [1.82, 2.24) is 4.98 Å². The van der Waals surface area contributed by atoms with Crippen LogP contribution in [-0.2, 0) is 10.0 Å². The largest absolute Gasteiger partial charge is 0.357 e. The number of sulfonamides is 1. The van der Waals surface area contributed by atoms with Crippen molar-refractivity contribution in [2.24, 2.45) is 0 Å². The number of nitrogens with zero attached hydrogens (tertiary/aromatic N) is 2. The minimum absolute atomic E-state index is 0.0458. The van der Waals surface area contributed by atoms with Crippen LogP contribution in [0.3, 0.4) is 0 Å². The average molecular weight is 340 g/mol. The highest BCUT2D eigenvalue weighted by Crippen LogP contribution is 2.23. The molecule has 1 aromatic heterocycles. The zero-order valence-corrected chi connectivity index (χ0v) is 14.0. The Hall–Kier alpha value is -1.79. The Morgan fingerprint density at radius 3 is 2.36 bits per heavy atom. The Balaban J connectivity index is 2.22. The summed E-state index contributed by atoms with van der Waals surface area (Å²) in [5.74, 6) is 0.811. The van der Waals surface area contributed by atoms with E-state index in [1.54, 1.807) is 24.3 Å². The highest BCUT2D eigenvalue weighted by Gasteiger charge is 2.17. The minimum Gasteiger partial charge on any atom is -0.357 e. The fourth-order valence-corrected chi connectivity index (χ4v) is 3.62. The second kappa shape index (κ2) is 6.98. The average Bonchev–Trinajstić information content (AvgIpc) is 2.50. The van der Waals surface area contributed by atoms with Crippen LogP contribution in [0.4, 0.5) is 11.5 Å². The first-order valence-corrected chi connectivity index (χ1v) is 8.82. The lowest BCUT2D eigenvalue weighted by Crippen LogP contribution is -2.23. The predicted octanol–water partition coefficient (Wildman–Crippen LogP) is 3.38. The van der Waals surface area contributed by atoms with Gasteiger partial charge in [0.2, 0.25) is 0 Å². The third-order valence-corrected chi connectivity index (χ3v) is 5.09. The van der Waals surface area contributed by atoms with Crippen LogP contribution in [0.1, 0.15) is 13.8 Å². The zero-order chi connectivity index (χ0) is 16.2. The highest BCUT2D eigenvalue weighted by atomic mass is 35.5. The molecular formula is C15H18ClN3O2S. The molecule has 5 nitrogen and oxygen atoms in total. The maximum atomic E-state index is 12.3. The molecule has 1 N–H and O–H groups in total. The lowest BCUT2D eigenvalue weighted by molar-refractivity contribution is 0.601. The van der Waals surface area contributed by atoms with Crippen molar-refractivity contribution >= 4 is 33.1 Å². The van der Waals surface area contributed by atoms with Crippen LogP contribution in [0, 0.1) is 0 Å². The van der Waals surface area contributed by atoms with Gasteiger partial charge in [-0.1, -0.05) is 23.7 Å². The first-order chi connectivity index (χ1) is 10.5. The molecule has 1 aromatic carbocycles. The summed E-state index contributed by atoms with van der Waals surface area (Å²) >= 11 is 5.94. The first kappa shape index (κ1) is 16.6. The van der Waals surface area contributed by atoms with Gasteiger partial charge in [0.05, 0.1) is 16.9 Å². The molecule has 0 unspecified atom stereocenters. The van der Waals surface area contributed by atoms with Gasteiger partial charge in [-0.15, -0.1) is 0 Å². The molecule has 22 heavy (non-hydrogen) atoms. The van der Waals surface area contributed by atoms with Crippen molar-refractivity contribution in [3.05, 3.63) is 47.6 Å². The fraction of sp³-hybridized carbons (Fsp3) is 0.267. The van der Waals surface area contributed by atoms with Crippen molar-refractivity contribution in [3.63, 3.8) is 0 Å². The van der Waals surface area contributed by atoms with E-state index in [0.717, 1.165) is 18.9 Å². The predicted molar refractivity (Wildman–Crippen MR) is 90.1 cm³/mol. The van der Waals surface area contributed by atoms with Crippen LogP contribution in [0.25, 0.3) is 0 Å². The van der Waals surface area contributed by atoms with Crippen molar-refractivity contribution < 1.29 is 8.42 Å². The van der Waals surface area contributed by atoms with Crippen molar-refractivity contribution in [2.45, 2.75) is 18.7 Å². The topological polar surface area (TPSA) is 62.3 Å². The maximum absolute atomic E-state index is 12.3. The van der Waals surface area contributed by atoms with Crippen LogP contribution in [0.5, 0.6) is 0 Å². The highest BCUT2D eigenvalue weighted by molar-refractivity contribution is 7.92. The normalized spacial score (nSPS) is 11.2. The second-order valence-corrected chi connectivity index (χ2v) is 6.67. The number of anilines is 2. The molecule has 118 valence electrons. The molecule has 0 amide bonds. The zero-order valence-electron chi connectivity index (χ0n) is 12.5. The van der Waals surface area contributed by atoms with E-state index in [1.165, 1.54) is 18.3 Å². The fourth-order valence-electron chi connectivity index (χ4n) is 2.05. The number of rotatable bonds is 6. The van der Waals surface area contributed by atoms with Crippen LogP contribution in [0.2, 0.25) is 5.02 Å². The molecule has 7 heteroatoms. The number of aromatic nitrogens is 1. The van der Waals surface area contributed by atoms with E-state index >= 15 is 0 Å². The summed E-state index contributed by atoms with van der Waals surface area (Å²) in [5, 5.41) is 0.183. The molecule has 0 radical (unpaired) electrons. The van der Waals surface area contributed by atoms with Crippen molar-refractivity contribution in [1.29, 1.82) is 0 Å². The number of benzene rings is 1. The Bertz CT molecular complexity index is 729. The van der Waals surface area contributed by atoms with Gasteiger partial charge < -0.3 is 4.90 Å². The molecule has 0 saturated heterocycles. The van der Waals surface area contributed by atoms with Gasteiger partial charge in [-0.2, -0.15) is 0 Å². The van der Waals surface area contributed by atoms with Crippen LogP contribution in [-0.4, -0.2) is 26.5 Å². The summed E-state index contributed by atoms with van der Waals surface area (Å²) in [5.41, 5.74) is 0.399. The van der Waals surface area contributed by atoms with Crippen LogP contribution >= 0.6 is 11.6 Å². The monoisotopic (exact) mass is 339 g/mol. The molecule has 0 saturated carbocycles. The van der Waals surface area contributed by atoms with Gasteiger partial charge in [-0.3, -0.25) is 4.72 Å². The standard InChI is InChI=1S/C15H18ClN3O2S/c1-3-19(4-2)15-10-9-12(11-17-15)18-22(20,21)14-8-6-5-7-13(14)16/h5-11,18H,3-4H2,1-2H3. The van der Waals surface area contributed by atoms with Crippen LogP contribution in [0.15, 0.2) is 47.5 Å². The number of hydrogen-bond acceptors (Lipinski definition) is 4. The summed E-state index contributed by atoms with van der Waals surface area (Å²) in [6.45, 7) is 5.76. The maximum Gasteiger partial charge on any atom is 0.263 e. The number of nitrogens with one attached hydrogen (secondary N) is 1. The van der Waals surface area contributed by atoms with E-state index in [4.69, 9.17) is 11.6 Å². The Labute approximate surface area is 136 Å².